The second-order valence-electron chi connectivity index (χ2n) is 8.36. The summed E-state index contributed by atoms with van der Waals surface area (Å²) >= 11 is 0. The highest BCUT2D eigenvalue weighted by Crippen LogP contribution is 2.48. The van der Waals surface area contributed by atoms with Crippen molar-refractivity contribution in [2.24, 2.45) is 0 Å². The summed E-state index contributed by atoms with van der Waals surface area (Å²) in [7, 11) is 0. The Bertz CT molecular complexity index is 1180. The molecule has 160 valence electrons. The van der Waals surface area contributed by atoms with Crippen molar-refractivity contribution in [3.05, 3.63) is 90.0 Å². The Morgan fingerprint density at radius 1 is 0.844 bits per heavy atom. The van der Waals surface area contributed by atoms with Gasteiger partial charge >= 0.3 is 12.0 Å². The zero-order chi connectivity index (χ0) is 22.3. The highest BCUT2D eigenvalue weighted by atomic mass is 16.4. The highest BCUT2D eigenvalue weighted by Gasteiger charge is 2.51. The average molecular weight is 426 g/mol. The van der Waals surface area contributed by atoms with Crippen molar-refractivity contribution in [2.45, 2.75) is 24.8 Å². The quantitative estimate of drug-likeness (QED) is 0.591. The molecule has 0 spiro atoms. The summed E-state index contributed by atoms with van der Waals surface area (Å²) in [5.41, 5.74) is 3.68. The zero-order valence-electron chi connectivity index (χ0n) is 17.4. The number of carboxylic acids is 1. The molecule has 6 nitrogen and oxygen atoms in total. The van der Waals surface area contributed by atoms with Gasteiger partial charge in [-0.1, -0.05) is 66.7 Å². The van der Waals surface area contributed by atoms with Crippen LogP contribution in [0.4, 0.5) is 10.5 Å². The van der Waals surface area contributed by atoms with Gasteiger partial charge in [-0.25, -0.2) is 9.69 Å². The summed E-state index contributed by atoms with van der Waals surface area (Å²) in [6.07, 6.45) is 1.38. The molecule has 1 N–H and O–H groups in total. The van der Waals surface area contributed by atoms with Crippen LogP contribution in [-0.4, -0.2) is 34.5 Å². The Morgan fingerprint density at radius 2 is 1.44 bits per heavy atom. The molecular weight excluding hydrogens is 404 g/mol. The van der Waals surface area contributed by atoms with Crippen LogP contribution in [0.15, 0.2) is 78.9 Å². The summed E-state index contributed by atoms with van der Waals surface area (Å²) in [6.45, 7) is 0.413. The summed E-state index contributed by atoms with van der Waals surface area (Å²) in [5.74, 6) is -0.983. The molecule has 1 aliphatic heterocycles. The van der Waals surface area contributed by atoms with Gasteiger partial charge < -0.3 is 10.0 Å². The average Bonchev–Trinajstić information content (AvgIpc) is 3.58. The second kappa shape index (κ2) is 7.64. The lowest BCUT2D eigenvalue weighted by molar-refractivity contribution is -0.140. The van der Waals surface area contributed by atoms with Crippen LogP contribution in [0, 0.1) is 0 Å². The van der Waals surface area contributed by atoms with Crippen LogP contribution in [0.3, 0.4) is 0 Å². The molecule has 0 radical (unpaired) electrons. The number of para-hydroxylation sites is 1. The predicted molar refractivity (Wildman–Crippen MR) is 120 cm³/mol. The molecule has 1 heterocycles. The monoisotopic (exact) mass is 426 g/mol. The normalized spacial score (nSPS) is 17.0. The first-order valence-corrected chi connectivity index (χ1v) is 10.6. The highest BCUT2D eigenvalue weighted by molar-refractivity contribution is 6.19. The molecular formula is C26H22N2O4. The molecule has 32 heavy (non-hydrogen) atoms. The lowest BCUT2D eigenvalue weighted by Crippen LogP contribution is -2.32. The van der Waals surface area contributed by atoms with Crippen LogP contribution in [0.1, 0.15) is 24.0 Å². The Labute approximate surface area is 185 Å². The van der Waals surface area contributed by atoms with E-state index in [1.165, 1.54) is 4.90 Å². The number of imide groups is 1. The Hall–Kier alpha value is -3.93. The van der Waals surface area contributed by atoms with Crippen LogP contribution in [0.5, 0.6) is 0 Å². The maximum atomic E-state index is 12.8. The molecule has 2 fully saturated rings. The number of carboxylic acid groups (broad SMARTS) is 1. The van der Waals surface area contributed by atoms with Gasteiger partial charge in [0.25, 0.3) is 5.91 Å². The molecule has 0 unspecified atom stereocenters. The van der Waals surface area contributed by atoms with Crippen LogP contribution >= 0.6 is 0 Å². The third-order valence-corrected chi connectivity index (χ3v) is 6.31. The van der Waals surface area contributed by atoms with E-state index in [0.29, 0.717) is 25.1 Å². The summed E-state index contributed by atoms with van der Waals surface area (Å²) in [6, 6.07) is 24.2. The minimum Gasteiger partial charge on any atom is -0.481 e. The van der Waals surface area contributed by atoms with Gasteiger partial charge in [-0.2, -0.15) is 0 Å². The van der Waals surface area contributed by atoms with E-state index in [0.717, 1.165) is 22.3 Å². The molecule has 0 aromatic heterocycles. The number of amides is 3. The van der Waals surface area contributed by atoms with Crippen LogP contribution < -0.4 is 4.90 Å². The Balaban J connectivity index is 1.28. The number of urea groups is 1. The SMILES string of the molecule is O=C1CN(Cc2ccc(-c3ccc(C4(C(=O)O)CC4)cc3)cc2)C(=O)N1c1ccccc1. The number of hydrogen-bond acceptors (Lipinski definition) is 3. The maximum Gasteiger partial charge on any atom is 0.332 e. The van der Waals surface area contributed by atoms with Gasteiger partial charge in [0.1, 0.15) is 6.54 Å². The van der Waals surface area contributed by atoms with Crippen molar-refractivity contribution >= 4 is 23.6 Å². The first-order valence-electron chi connectivity index (χ1n) is 10.6. The number of hydrogen-bond donors (Lipinski definition) is 1. The van der Waals surface area contributed by atoms with Crippen molar-refractivity contribution in [1.82, 2.24) is 4.90 Å². The number of aliphatic carboxylic acids is 1. The molecule has 3 aromatic rings. The number of rotatable bonds is 6. The van der Waals surface area contributed by atoms with Crippen molar-refractivity contribution in [1.29, 1.82) is 0 Å². The molecule has 2 aliphatic rings. The zero-order valence-corrected chi connectivity index (χ0v) is 17.4. The van der Waals surface area contributed by atoms with E-state index in [9.17, 15) is 19.5 Å². The molecule has 3 aromatic carbocycles. The van der Waals surface area contributed by atoms with Gasteiger partial charge in [0.2, 0.25) is 0 Å². The molecule has 6 heteroatoms. The first-order chi connectivity index (χ1) is 15.5. The van der Waals surface area contributed by atoms with Gasteiger partial charge in [-0.05, 0) is 47.2 Å². The summed E-state index contributed by atoms with van der Waals surface area (Å²) in [5, 5.41) is 9.46. The molecule has 0 bridgehead atoms. The van der Waals surface area contributed by atoms with E-state index < -0.39 is 11.4 Å². The van der Waals surface area contributed by atoms with Crippen molar-refractivity contribution in [3.8, 4) is 11.1 Å². The van der Waals surface area contributed by atoms with Crippen molar-refractivity contribution in [2.75, 3.05) is 11.4 Å². The minimum atomic E-state index is -0.754. The summed E-state index contributed by atoms with van der Waals surface area (Å²) < 4.78 is 0. The first kappa shape index (κ1) is 20.0. The Morgan fingerprint density at radius 3 is 2.00 bits per heavy atom. The lowest BCUT2D eigenvalue weighted by Gasteiger charge is -2.17. The standard InChI is InChI=1S/C26H22N2O4/c29-23-17-27(25(32)28(23)22-4-2-1-3-5-22)16-18-6-8-19(9-7-18)20-10-12-21(13-11-20)26(14-15-26)24(30)31/h1-13H,14-17H2,(H,30,31). The smallest absolute Gasteiger partial charge is 0.332 e. The van der Waals surface area contributed by atoms with Crippen LogP contribution in [0.2, 0.25) is 0 Å². The predicted octanol–water partition coefficient (Wildman–Crippen LogP) is 4.44. The van der Waals surface area contributed by atoms with E-state index in [1.807, 2.05) is 54.6 Å². The number of carbonyl (C=O) groups is 3. The van der Waals surface area contributed by atoms with Gasteiger partial charge in [0.15, 0.2) is 0 Å². The molecule has 1 aliphatic carbocycles. The fourth-order valence-corrected chi connectivity index (χ4v) is 4.26. The number of nitrogens with zero attached hydrogens (tertiary/aromatic N) is 2. The maximum absolute atomic E-state index is 12.8. The van der Waals surface area contributed by atoms with Crippen LogP contribution in [-0.2, 0) is 21.5 Å². The van der Waals surface area contributed by atoms with E-state index >= 15 is 0 Å². The molecule has 1 saturated carbocycles. The fourth-order valence-electron chi connectivity index (χ4n) is 4.26. The van der Waals surface area contributed by atoms with E-state index in [-0.39, 0.29) is 18.5 Å². The Kier molecular flexibility index (Phi) is 4.78. The second-order valence-corrected chi connectivity index (χ2v) is 8.36. The molecule has 3 amide bonds. The number of carbonyl (C=O) groups excluding carboxylic acids is 2. The van der Waals surface area contributed by atoms with E-state index in [2.05, 4.69) is 0 Å². The van der Waals surface area contributed by atoms with Crippen molar-refractivity contribution in [3.63, 3.8) is 0 Å². The van der Waals surface area contributed by atoms with Crippen molar-refractivity contribution < 1.29 is 19.5 Å². The van der Waals surface area contributed by atoms with Gasteiger partial charge in [0.05, 0.1) is 11.1 Å². The lowest BCUT2D eigenvalue weighted by atomic mass is 9.93. The molecule has 5 rings (SSSR count). The molecule has 0 atom stereocenters. The summed E-state index contributed by atoms with van der Waals surface area (Å²) in [4.78, 5) is 39.4. The third kappa shape index (κ3) is 3.43. The van der Waals surface area contributed by atoms with E-state index in [1.54, 1.807) is 29.2 Å². The number of benzene rings is 3. The van der Waals surface area contributed by atoms with E-state index in [4.69, 9.17) is 0 Å². The topological polar surface area (TPSA) is 77.9 Å². The minimum absolute atomic E-state index is 0.0578. The van der Waals surface area contributed by atoms with Gasteiger partial charge in [-0.3, -0.25) is 9.59 Å². The number of anilines is 1. The third-order valence-electron chi connectivity index (χ3n) is 6.31. The largest absolute Gasteiger partial charge is 0.481 e. The van der Waals surface area contributed by atoms with Gasteiger partial charge in [0, 0.05) is 6.54 Å². The fraction of sp³-hybridized carbons (Fsp3) is 0.192. The van der Waals surface area contributed by atoms with Crippen LogP contribution in [0.25, 0.3) is 11.1 Å². The van der Waals surface area contributed by atoms with Gasteiger partial charge in [-0.15, -0.1) is 0 Å². The molecule has 1 saturated heterocycles.